The number of rotatable bonds is 15. The molecule has 0 unspecified atom stereocenters. The third-order valence-corrected chi connectivity index (χ3v) is 6.07. The van der Waals surface area contributed by atoms with Crippen LogP contribution in [0, 0.1) is 39.8 Å². The maximum absolute atomic E-state index is 12.9. The molecule has 0 aromatic rings. The summed E-state index contributed by atoms with van der Waals surface area (Å²) in [6.07, 6.45) is 10.4. The predicted molar refractivity (Wildman–Crippen MR) is 129 cm³/mol. The third kappa shape index (κ3) is 13.0. The highest BCUT2D eigenvalue weighted by Gasteiger charge is 2.29. The van der Waals surface area contributed by atoms with Gasteiger partial charge in [-0.15, -0.1) is 0 Å². The minimum atomic E-state index is -0.811. The molecule has 1 fully saturated rings. The zero-order valence-electron chi connectivity index (χ0n) is 20.5. The Labute approximate surface area is 198 Å². The van der Waals surface area contributed by atoms with Crippen LogP contribution in [-0.2, 0) is 9.59 Å². The van der Waals surface area contributed by atoms with Crippen LogP contribution in [0.25, 0.3) is 0 Å². The highest BCUT2D eigenvalue weighted by atomic mass is 16.7. The van der Waals surface area contributed by atoms with Crippen LogP contribution in [0.3, 0.4) is 0 Å². The summed E-state index contributed by atoms with van der Waals surface area (Å²) in [5.41, 5.74) is 1.73. The molecule has 0 aromatic carbocycles. The van der Waals surface area contributed by atoms with E-state index in [4.69, 9.17) is 5.41 Å². The molecule has 10 nitrogen and oxygen atoms in total. The van der Waals surface area contributed by atoms with Gasteiger partial charge in [0.1, 0.15) is 6.04 Å². The van der Waals surface area contributed by atoms with E-state index in [0.717, 1.165) is 32.1 Å². The lowest BCUT2D eigenvalue weighted by Crippen LogP contribution is -2.48. The van der Waals surface area contributed by atoms with Gasteiger partial charge in [0.05, 0.1) is 0 Å². The Bertz CT molecular complexity index is 620. The molecule has 189 valence electrons. The fourth-order valence-corrected chi connectivity index (χ4v) is 4.10. The van der Waals surface area contributed by atoms with E-state index in [1.165, 1.54) is 25.7 Å². The maximum atomic E-state index is 12.9. The first-order valence-corrected chi connectivity index (χ1v) is 12.4. The molecular formula is C23H43N6O4. The molecule has 0 aromatic heterocycles. The lowest BCUT2D eigenvalue weighted by molar-refractivity contribution is -0.525. The number of nitrogens with one attached hydrogen (secondary N) is 5. The second-order valence-corrected chi connectivity index (χ2v) is 9.43. The van der Waals surface area contributed by atoms with Crippen molar-refractivity contribution in [3.63, 3.8) is 0 Å². The van der Waals surface area contributed by atoms with E-state index in [1.54, 1.807) is 12.0 Å². The van der Waals surface area contributed by atoms with Crippen molar-refractivity contribution in [1.29, 1.82) is 5.41 Å². The number of nitrogens with zero attached hydrogens (tertiary/aromatic N) is 1. The topological polar surface area (TPSA) is 149 Å². The first-order chi connectivity index (χ1) is 15.7. The second kappa shape index (κ2) is 16.3. The molecule has 1 atom stereocenters. The van der Waals surface area contributed by atoms with Gasteiger partial charge < -0.3 is 16.0 Å². The van der Waals surface area contributed by atoms with E-state index in [0.29, 0.717) is 24.7 Å². The van der Waals surface area contributed by atoms with Crippen molar-refractivity contribution < 1.29 is 14.6 Å². The Balaban J connectivity index is 2.52. The van der Waals surface area contributed by atoms with Gasteiger partial charge in [-0.25, -0.2) is 10.1 Å². The van der Waals surface area contributed by atoms with Gasteiger partial charge in [-0.1, -0.05) is 51.9 Å². The number of hydrazine groups is 1. The molecule has 33 heavy (non-hydrogen) atoms. The molecule has 0 bridgehead atoms. The molecule has 1 aliphatic rings. The minimum Gasteiger partial charge on any atom is -0.352 e. The molecule has 1 saturated carbocycles. The first kappa shape index (κ1) is 28.6. The Morgan fingerprint density at radius 2 is 1.85 bits per heavy atom. The molecule has 0 heterocycles. The molecule has 2 amide bonds. The van der Waals surface area contributed by atoms with Gasteiger partial charge >= 0.3 is 0 Å². The average Bonchev–Trinajstić information content (AvgIpc) is 2.75. The highest BCUT2D eigenvalue weighted by Crippen LogP contribution is 2.32. The predicted octanol–water partition coefficient (Wildman–Crippen LogP) is 3.27. The standard InChI is InChI=1S/C23H43N6O4/c1-4-5-6-8-18-10-12-19(13-11-18)21(30)27-20(22(31)25-16-14-17(2)3)9-7-15-26-23(24)28-29(32)33/h16-20H,4-15H2,1-3H3,(H,25,31)(H,27,30)(H3,24,26,28)/t18-,19-,20-/m0/s1. The van der Waals surface area contributed by atoms with Crippen molar-refractivity contribution in [3.8, 4) is 0 Å². The fraction of sp³-hybridized carbons (Fsp3) is 0.826. The van der Waals surface area contributed by atoms with Gasteiger partial charge in [0, 0.05) is 19.0 Å². The zero-order chi connectivity index (χ0) is 24.6. The van der Waals surface area contributed by atoms with E-state index in [1.807, 2.05) is 0 Å². The van der Waals surface area contributed by atoms with Crippen LogP contribution in [0.5, 0.6) is 0 Å². The quantitative estimate of drug-likeness (QED) is 0.0820. The summed E-state index contributed by atoms with van der Waals surface area (Å²) >= 11 is 0. The fourth-order valence-electron chi connectivity index (χ4n) is 4.10. The number of hydrogen-bond acceptors (Lipinski definition) is 5. The molecular weight excluding hydrogens is 424 g/mol. The number of guanidine groups is 1. The van der Waals surface area contributed by atoms with Crippen LogP contribution in [0.2, 0.25) is 0 Å². The van der Waals surface area contributed by atoms with E-state index in [-0.39, 0.29) is 24.3 Å². The lowest BCUT2D eigenvalue weighted by Gasteiger charge is -2.29. The van der Waals surface area contributed by atoms with Gasteiger partial charge in [0.25, 0.3) is 5.96 Å². The Morgan fingerprint density at radius 1 is 1.15 bits per heavy atom. The van der Waals surface area contributed by atoms with Crippen LogP contribution in [0.4, 0.5) is 0 Å². The highest BCUT2D eigenvalue weighted by molar-refractivity contribution is 5.88. The normalized spacial score (nSPS) is 18.9. The number of carbonyl (C=O) groups excluding carboxylic acids is 2. The zero-order valence-corrected chi connectivity index (χ0v) is 20.5. The molecule has 0 saturated heterocycles. The van der Waals surface area contributed by atoms with Gasteiger partial charge in [-0.3, -0.25) is 15.0 Å². The van der Waals surface area contributed by atoms with E-state index >= 15 is 0 Å². The lowest BCUT2D eigenvalue weighted by atomic mass is 9.79. The summed E-state index contributed by atoms with van der Waals surface area (Å²) < 4.78 is 0. The third-order valence-electron chi connectivity index (χ3n) is 6.07. The van der Waals surface area contributed by atoms with Crippen LogP contribution >= 0.6 is 0 Å². The molecule has 1 aliphatic carbocycles. The number of amides is 2. The maximum Gasteiger partial charge on any atom is 0.251 e. The van der Waals surface area contributed by atoms with E-state index in [9.17, 15) is 19.7 Å². The number of unbranched alkanes of at least 4 members (excludes halogenated alkanes) is 2. The summed E-state index contributed by atoms with van der Waals surface area (Å²) in [5, 5.41) is 25.3. The van der Waals surface area contributed by atoms with Gasteiger partial charge in [0.2, 0.25) is 11.8 Å². The minimum absolute atomic E-state index is 0.0574. The molecule has 0 spiro atoms. The Morgan fingerprint density at radius 3 is 2.45 bits per heavy atom. The SMILES string of the molecule is CCCCC[C@H]1CC[C@H](C(=O)N[C@@H](CCCNC(=N)N[N+](=O)[O-])C(=O)N[CH]CC(C)C)CC1. The summed E-state index contributed by atoms with van der Waals surface area (Å²) in [4.78, 5) is 35.9. The molecule has 5 N–H and O–H groups in total. The smallest absolute Gasteiger partial charge is 0.251 e. The van der Waals surface area contributed by atoms with E-state index in [2.05, 4.69) is 36.7 Å². The summed E-state index contributed by atoms with van der Waals surface area (Å²) in [5.74, 6) is 0.330. The largest absolute Gasteiger partial charge is 0.352 e. The van der Waals surface area contributed by atoms with Gasteiger partial charge in [0.15, 0.2) is 5.03 Å². The molecule has 1 radical (unpaired) electrons. The van der Waals surface area contributed by atoms with Crippen molar-refractivity contribution >= 4 is 17.8 Å². The summed E-state index contributed by atoms with van der Waals surface area (Å²) in [7, 11) is 0. The van der Waals surface area contributed by atoms with E-state index < -0.39 is 17.0 Å². The second-order valence-electron chi connectivity index (χ2n) is 9.43. The van der Waals surface area contributed by atoms with Crippen molar-refractivity contribution in [1.82, 2.24) is 21.4 Å². The van der Waals surface area contributed by atoms with Crippen LogP contribution in [-0.4, -0.2) is 35.4 Å². The molecule has 0 aliphatic heterocycles. The van der Waals surface area contributed by atoms with Crippen LogP contribution < -0.4 is 21.4 Å². The number of nitro groups is 1. The average molecular weight is 468 g/mol. The summed E-state index contributed by atoms with van der Waals surface area (Å²) in [6, 6.07) is -0.678. The summed E-state index contributed by atoms with van der Waals surface area (Å²) in [6.45, 7) is 8.32. The van der Waals surface area contributed by atoms with Crippen LogP contribution in [0.15, 0.2) is 0 Å². The van der Waals surface area contributed by atoms with Crippen LogP contribution in [0.1, 0.15) is 91.4 Å². The Kier molecular flexibility index (Phi) is 14.1. The first-order valence-electron chi connectivity index (χ1n) is 12.4. The van der Waals surface area contributed by atoms with Crippen molar-refractivity contribution in [2.75, 3.05) is 6.54 Å². The molecule has 10 heteroatoms. The number of carbonyl (C=O) groups is 2. The monoisotopic (exact) mass is 467 g/mol. The van der Waals surface area contributed by atoms with Gasteiger partial charge in [-0.2, -0.15) is 0 Å². The van der Waals surface area contributed by atoms with Crippen molar-refractivity contribution in [2.24, 2.45) is 17.8 Å². The van der Waals surface area contributed by atoms with Crippen molar-refractivity contribution in [2.45, 2.75) is 97.4 Å². The number of hydrogen-bond donors (Lipinski definition) is 5. The van der Waals surface area contributed by atoms with Gasteiger partial charge in [-0.05, 0) is 56.8 Å². The molecule has 1 rings (SSSR count). The Hall–Kier alpha value is -2.39. The van der Waals surface area contributed by atoms with Crippen molar-refractivity contribution in [3.05, 3.63) is 16.7 Å².